The summed E-state index contributed by atoms with van der Waals surface area (Å²) in [5, 5.41) is 11.6. The van der Waals surface area contributed by atoms with E-state index in [1.165, 1.54) is 6.42 Å². The largest absolute Gasteiger partial charge is 0.395 e. The van der Waals surface area contributed by atoms with E-state index in [0.717, 1.165) is 24.9 Å². The summed E-state index contributed by atoms with van der Waals surface area (Å²) in [5.74, 6) is 1.55. The average Bonchev–Trinajstić information content (AvgIpc) is 1.97. The molecule has 0 aliphatic rings. The number of aliphatic hydroxyl groups is 1. The summed E-state index contributed by atoms with van der Waals surface area (Å²) in [7, 11) is 0. The van der Waals surface area contributed by atoms with Crippen LogP contribution in [0.3, 0.4) is 0 Å². The van der Waals surface area contributed by atoms with Crippen LogP contribution < -0.4 is 5.32 Å². The van der Waals surface area contributed by atoms with Crippen molar-refractivity contribution in [1.29, 1.82) is 0 Å². The van der Waals surface area contributed by atoms with Gasteiger partial charge in [-0.15, -0.1) is 0 Å². The van der Waals surface area contributed by atoms with Gasteiger partial charge in [-0.05, 0) is 24.8 Å². The zero-order valence-corrected chi connectivity index (χ0v) is 7.93. The molecule has 0 spiro atoms. The van der Waals surface area contributed by atoms with Gasteiger partial charge in [0.15, 0.2) is 0 Å². The molecular formula is C9H21NO. The van der Waals surface area contributed by atoms with Crippen LogP contribution in [0, 0.1) is 11.8 Å². The highest BCUT2D eigenvalue weighted by Crippen LogP contribution is 2.12. The van der Waals surface area contributed by atoms with Gasteiger partial charge < -0.3 is 10.4 Å². The number of aliphatic hydroxyl groups excluding tert-OH is 1. The van der Waals surface area contributed by atoms with E-state index in [-0.39, 0.29) is 6.61 Å². The minimum absolute atomic E-state index is 0.246. The summed E-state index contributed by atoms with van der Waals surface area (Å²) in [6.45, 7) is 8.76. The lowest BCUT2D eigenvalue weighted by Gasteiger charge is -2.14. The molecule has 0 saturated heterocycles. The summed E-state index contributed by atoms with van der Waals surface area (Å²) in [5.41, 5.74) is 0. The second kappa shape index (κ2) is 6.62. The van der Waals surface area contributed by atoms with Gasteiger partial charge in [0.05, 0.1) is 6.61 Å². The van der Waals surface area contributed by atoms with Crippen molar-refractivity contribution in [3.63, 3.8) is 0 Å². The maximum absolute atomic E-state index is 8.48. The predicted octanol–water partition coefficient (Wildman–Crippen LogP) is 1.25. The zero-order chi connectivity index (χ0) is 8.69. The van der Waals surface area contributed by atoms with Crippen molar-refractivity contribution in [2.45, 2.75) is 27.2 Å². The molecule has 0 bridgehead atoms. The number of hydrogen-bond acceptors (Lipinski definition) is 2. The van der Waals surface area contributed by atoms with Gasteiger partial charge in [-0.3, -0.25) is 0 Å². The SMILES string of the molecule is CC(C)C(C)CCNCCO. The number of hydrogen-bond donors (Lipinski definition) is 2. The Morgan fingerprint density at radius 2 is 1.82 bits per heavy atom. The van der Waals surface area contributed by atoms with Crippen LogP contribution in [-0.4, -0.2) is 24.8 Å². The van der Waals surface area contributed by atoms with Gasteiger partial charge in [0.25, 0.3) is 0 Å². The summed E-state index contributed by atoms with van der Waals surface area (Å²) in [4.78, 5) is 0. The highest BCUT2D eigenvalue weighted by Gasteiger charge is 2.05. The smallest absolute Gasteiger partial charge is 0.0555 e. The molecule has 1 unspecified atom stereocenters. The van der Waals surface area contributed by atoms with Gasteiger partial charge in [-0.1, -0.05) is 20.8 Å². The average molecular weight is 159 g/mol. The Labute approximate surface area is 70.0 Å². The summed E-state index contributed by atoms with van der Waals surface area (Å²) < 4.78 is 0. The molecule has 0 aliphatic carbocycles. The minimum atomic E-state index is 0.246. The molecule has 0 radical (unpaired) electrons. The molecule has 0 saturated carbocycles. The fourth-order valence-corrected chi connectivity index (χ4v) is 0.867. The number of rotatable bonds is 6. The molecule has 0 aliphatic heterocycles. The van der Waals surface area contributed by atoms with Crippen LogP contribution in [0.15, 0.2) is 0 Å². The van der Waals surface area contributed by atoms with Crippen molar-refractivity contribution in [2.24, 2.45) is 11.8 Å². The third kappa shape index (κ3) is 6.32. The molecule has 0 aromatic heterocycles. The molecule has 2 nitrogen and oxygen atoms in total. The van der Waals surface area contributed by atoms with Crippen LogP contribution in [-0.2, 0) is 0 Å². The van der Waals surface area contributed by atoms with Crippen LogP contribution in [0.25, 0.3) is 0 Å². The molecule has 0 aromatic carbocycles. The van der Waals surface area contributed by atoms with Gasteiger partial charge >= 0.3 is 0 Å². The molecule has 2 N–H and O–H groups in total. The Balaban J connectivity index is 3.10. The van der Waals surface area contributed by atoms with Gasteiger partial charge in [-0.25, -0.2) is 0 Å². The molecule has 0 rings (SSSR count). The first-order chi connectivity index (χ1) is 5.18. The van der Waals surface area contributed by atoms with Crippen LogP contribution >= 0.6 is 0 Å². The number of nitrogens with one attached hydrogen (secondary N) is 1. The van der Waals surface area contributed by atoms with Gasteiger partial charge in [0.1, 0.15) is 0 Å². The van der Waals surface area contributed by atoms with Crippen molar-refractivity contribution in [2.75, 3.05) is 19.7 Å². The van der Waals surface area contributed by atoms with Crippen molar-refractivity contribution in [3.8, 4) is 0 Å². The zero-order valence-electron chi connectivity index (χ0n) is 7.93. The first-order valence-corrected chi connectivity index (χ1v) is 4.50. The van der Waals surface area contributed by atoms with Gasteiger partial charge in [-0.2, -0.15) is 0 Å². The third-order valence-electron chi connectivity index (χ3n) is 2.20. The van der Waals surface area contributed by atoms with E-state index in [1.807, 2.05) is 0 Å². The monoisotopic (exact) mass is 159 g/mol. The quantitative estimate of drug-likeness (QED) is 0.572. The first-order valence-electron chi connectivity index (χ1n) is 4.50. The first kappa shape index (κ1) is 10.9. The van der Waals surface area contributed by atoms with E-state index in [0.29, 0.717) is 0 Å². The standard InChI is InChI=1S/C9H21NO/c1-8(2)9(3)4-5-10-6-7-11/h8-11H,4-7H2,1-3H3. The van der Waals surface area contributed by atoms with E-state index in [2.05, 4.69) is 26.1 Å². The van der Waals surface area contributed by atoms with Crippen LogP contribution in [0.2, 0.25) is 0 Å². The lowest BCUT2D eigenvalue weighted by Crippen LogP contribution is -2.22. The van der Waals surface area contributed by atoms with E-state index in [1.54, 1.807) is 0 Å². The Hall–Kier alpha value is -0.0800. The molecule has 0 fully saturated rings. The summed E-state index contributed by atoms with van der Waals surface area (Å²) in [6, 6.07) is 0. The Morgan fingerprint density at radius 3 is 2.27 bits per heavy atom. The Morgan fingerprint density at radius 1 is 1.18 bits per heavy atom. The normalized spacial score (nSPS) is 13.9. The maximum Gasteiger partial charge on any atom is 0.0555 e. The van der Waals surface area contributed by atoms with Crippen LogP contribution in [0.4, 0.5) is 0 Å². The van der Waals surface area contributed by atoms with Gasteiger partial charge in [0.2, 0.25) is 0 Å². The molecule has 2 heteroatoms. The molecule has 11 heavy (non-hydrogen) atoms. The maximum atomic E-state index is 8.48. The second-order valence-corrected chi connectivity index (χ2v) is 3.48. The molecule has 0 heterocycles. The van der Waals surface area contributed by atoms with E-state index < -0.39 is 0 Å². The van der Waals surface area contributed by atoms with Gasteiger partial charge in [0, 0.05) is 6.54 Å². The highest BCUT2D eigenvalue weighted by molar-refractivity contribution is 4.58. The van der Waals surface area contributed by atoms with E-state index >= 15 is 0 Å². The second-order valence-electron chi connectivity index (χ2n) is 3.48. The molecule has 0 aromatic rings. The Bertz CT molecular complexity index is 83.6. The van der Waals surface area contributed by atoms with E-state index in [4.69, 9.17) is 5.11 Å². The van der Waals surface area contributed by atoms with E-state index in [9.17, 15) is 0 Å². The highest BCUT2D eigenvalue weighted by atomic mass is 16.3. The van der Waals surface area contributed by atoms with Crippen molar-refractivity contribution in [1.82, 2.24) is 5.32 Å². The van der Waals surface area contributed by atoms with Crippen molar-refractivity contribution >= 4 is 0 Å². The topological polar surface area (TPSA) is 32.3 Å². The van der Waals surface area contributed by atoms with Crippen molar-refractivity contribution in [3.05, 3.63) is 0 Å². The lowest BCUT2D eigenvalue weighted by molar-refractivity contribution is 0.288. The third-order valence-corrected chi connectivity index (χ3v) is 2.20. The fourth-order valence-electron chi connectivity index (χ4n) is 0.867. The van der Waals surface area contributed by atoms with Crippen LogP contribution in [0.1, 0.15) is 27.2 Å². The summed E-state index contributed by atoms with van der Waals surface area (Å²) >= 11 is 0. The lowest BCUT2D eigenvalue weighted by atomic mass is 9.95. The predicted molar refractivity (Wildman–Crippen MR) is 48.6 cm³/mol. The van der Waals surface area contributed by atoms with Crippen LogP contribution in [0.5, 0.6) is 0 Å². The molecule has 1 atom stereocenters. The molecule has 68 valence electrons. The molecular weight excluding hydrogens is 138 g/mol. The minimum Gasteiger partial charge on any atom is -0.395 e. The molecule has 0 amide bonds. The summed E-state index contributed by atoms with van der Waals surface area (Å²) in [6.07, 6.45) is 1.21. The fraction of sp³-hybridized carbons (Fsp3) is 1.00. The van der Waals surface area contributed by atoms with Crippen molar-refractivity contribution < 1.29 is 5.11 Å². The Kier molecular flexibility index (Phi) is 6.57.